The lowest BCUT2D eigenvalue weighted by atomic mass is 9.89. The first kappa shape index (κ1) is 14.0. The number of halogens is 2. The van der Waals surface area contributed by atoms with E-state index in [1.54, 1.807) is 0 Å². The molecule has 0 saturated carbocycles. The van der Waals surface area contributed by atoms with Gasteiger partial charge in [0.2, 0.25) is 0 Å². The van der Waals surface area contributed by atoms with Crippen molar-refractivity contribution in [3.05, 3.63) is 69.2 Å². The maximum Gasteiger partial charge on any atom is 0.0838 e. The maximum absolute atomic E-state index is 6.69. The van der Waals surface area contributed by atoms with E-state index in [1.807, 2.05) is 18.2 Å². The van der Waals surface area contributed by atoms with Gasteiger partial charge in [-0.25, -0.2) is 0 Å². The lowest BCUT2D eigenvalue weighted by Gasteiger charge is -2.19. The third kappa shape index (κ3) is 2.73. The third-order valence-corrected chi connectivity index (χ3v) is 4.90. The van der Waals surface area contributed by atoms with E-state index in [0.717, 1.165) is 10.6 Å². The van der Waals surface area contributed by atoms with E-state index in [2.05, 4.69) is 25.1 Å². The predicted octanol–water partition coefficient (Wildman–Crippen LogP) is 5.86. The Bertz CT molecular complexity index is 631. The van der Waals surface area contributed by atoms with Crippen LogP contribution in [0.5, 0.6) is 0 Å². The molecule has 2 heteroatoms. The van der Waals surface area contributed by atoms with Crippen LogP contribution in [-0.4, -0.2) is 0 Å². The molecule has 0 spiro atoms. The quantitative estimate of drug-likeness (QED) is 0.610. The van der Waals surface area contributed by atoms with Crippen molar-refractivity contribution in [1.82, 2.24) is 0 Å². The first-order valence-electron chi connectivity index (χ1n) is 7.17. The largest absolute Gasteiger partial charge is 0.113 e. The summed E-state index contributed by atoms with van der Waals surface area (Å²) >= 11 is 12.8. The summed E-state index contributed by atoms with van der Waals surface area (Å²) in [5, 5.41) is 0.620. The van der Waals surface area contributed by atoms with Gasteiger partial charge in [-0.2, -0.15) is 0 Å². The number of hydrogen-bond acceptors (Lipinski definition) is 0. The molecular weight excluding hydrogens is 287 g/mol. The lowest BCUT2D eigenvalue weighted by molar-refractivity contribution is 0.684. The van der Waals surface area contributed by atoms with Gasteiger partial charge in [0.25, 0.3) is 0 Å². The Labute approximate surface area is 130 Å². The molecule has 0 N–H and O–H groups in total. The highest BCUT2D eigenvalue weighted by Gasteiger charge is 2.16. The van der Waals surface area contributed by atoms with Gasteiger partial charge in [0.05, 0.1) is 5.38 Å². The fourth-order valence-corrected chi connectivity index (χ4v) is 3.53. The van der Waals surface area contributed by atoms with Gasteiger partial charge in [0.1, 0.15) is 0 Å². The number of fused-ring (bicyclic) bond motifs is 1. The SMILES string of the molecule is Cc1ccc(Cl)cc1C(Cl)c1ccc2c(c1)CCCC2. The minimum absolute atomic E-state index is 0.124. The molecule has 0 fully saturated rings. The van der Waals surface area contributed by atoms with E-state index in [4.69, 9.17) is 23.2 Å². The Kier molecular flexibility index (Phi) is 4.05. The minimum atomic E-state index is -0.124. The zero-order valence-electron chi connectivity index (χ0n) is 11.6. The van der Waals surface area contributed by atoms with Crippen molar-refractivity contribution in [2.45, 2.75) is 38.0 Å². The molecule has 3 rings (SSSR count). The van der Waals surface area contributed by atoms with Crippen LogP contribution in [0.15, 0.2) is 36.4 Å². The van der Waals surface area contributed by atoms with Crippen molar-refractivity contribution in [1.29, 1.82) is 0 Å². The summed E-state index contributed by atoms with van der Waals surface area (Å²) in [5.74, 6) is 0. The summed E-state index contributed by atoms with van der Waals surface area (Å²) < 4.78 is 0. The fourth-order valence-electron chi connectivity index (χ4n) is 2.97. The van der Waals surface area contributed by atoms with E-state index in [9.17, 15) is 0 Å². The normalized spacial score (nSPS) is 15.8. The van der Waals surface area contributed by atoms with Crippen LogP contribution in [-0.2, 0) is 12.8 Å². The Balaban J connectivity index is 1.97. The topological polar surface area (TPSA) is 0 Å². The molecule has 0 heterocycles. The summed E-state index contributed by atoms with van der Waals surface area (Å²) in [6.07, 6.45) is 4.99. The van der Waals surface area contributed by atoms with Crippen LogP contribution in [0.2, 0.25) is 5.02 Å². The number of aryl methyl sites for hydroxylation is 3. The molecule has 2 aromatic rings. The van der Waals surface area contributed by atoms with Crippen LogP contribution >= 0.6 is 23.2 Å². The molecule has 1 unspecified atom stereocenters. The second-order valence-corrected chi connectivity index (χ2v) is 6.47. The number of hydrogen-bond donors (Lipinski definition) is 0. The predicted molar refractivity (Wildman–Crippen MR) is 87.0 cm³/mol. The highest BCUT2D eigenvalue weighted by Crippen LogP contribution is 2.34. The summed E-state index contributed by atoms with van der Waals surface area (Å²) in [4.78, 5) is 0. The van der Waals surface area contributed by atoms with Gasteiger partial charge in [-0.05, 0) is 72.6 Å². The fraction of sp³-hybridized carbons (Fsp3) is 0.333. The first-order chi connectivity index (χ1) is 9.65. The average molecular weight is 305 g/mol. The summed E-state index contributed by atoms with van der Waals surface area (Å²) in [6.45, 7) is 2.08. The van der Waals surface area contributed by atoms with Gasteiger partial charge in [-0.1, -0.05) is 35.9 Å². The Hall–Kier alpha value is -0.980. The van der Waals surface area contributed by atoms with Crippen molar-refractivity contribution in [3.63, 3.8) is 0 Å². The van der Waals surface area contributed by atoms with Crippen molar-refractivity contribution >= 4 is 23.2 Å². The van der Waals surface area contributed by atoms with Crippen LogP contribution in [0.4, 0.5) is 0 Å². The highest BCUT2D eigenvalue weighted by molar-refractivity contribution is 6.31. The summed E-state index contributed by atoms with van der Waals surface area (Å²) in [6, 6.07) is 12.6. The van der Waals surface area contributed by atoms with Gasteiger partial charge in [0.15, 0.2) is 0 Å². The standard InChI is InChI=1S/C18H18Cl2/c1-12-6-9-16(19)11-17(12)18(20)15-8-7-13-4-2-3-5-14(13)10-15/h6-11,18H,2-5H2,1H3. The van der Waals surface area contributed by atoms with E-state index in [0.29, 0.717) is 0 Å². The summed E-state index contributed by atoms with van der Waals surface area (Å²) in [5.41, 5.74) is 6.44. The molecule has 0 aromatic heterocycles. The van der Waals surface area contributed by atoms with E-state index in [1.165, 1.54) is 47.9 Å². The van der Waals surface area contributed by atoms with Gasteiger partial charge in [-0.15, -0.1) is 11.6 Å². The Morgan fingerprint density at radius 2 is 1.70 bits per heavy atom. The molecule has 0 nitrogen and oxygen atoms in total. The molecule has 0 amide bonds. The number of rotatable bonds is 2. The van der Waals surface area contributed by atoms with Crippen LogP contribution in [0.1, 0.15) is 46.0 Å². The second kappa shape index (κ2) is 5.79. The highest BCUT2D eigenvalue weighted by atomic mass is 35.5. The molecule has 2 aromatic carbocycles. The van der Waals surface area contributed by atoms with E-state index >= 15 is 0 Å². The molecule has 1 atom stereocenters. The van der Waals surface area contributed by atoms with Crippen LogP contribution in [0.25, 0.3) is 0 Å². The van der Waals surface area contributed by atoms with Gasteiger partial charge >= 0.3 is 0 Å². The number of alkyl halides is 1. The lowest BCUT2D eigenvalue weighted by Crippen LogP contribution is -2.04. The van der Waals surface area contributed by atoms with Gasteiger partial charge in [-0.3, -0.25) is 0 Å². The number of benzene rings is 2. The van der Waals surface area contributed by atoms with Crippen LogP contribution in [0, 0.1) is 6.92 Å². The maximum atomic E-state index is 6.69. The second-order valence-electron chi connectivity index (χ2n) is 5.60. The molecule has 0 saturated heterocycles. The first-order valence-corrected chi connectivity index (χ1v) is 7.98. The molecule has 104 valence electrons. The van der Waals surface area contributed by atoms with E-state index < -0.39 is 0 Å². The zero-order chi connectivity index (χ0) is 14.1. The Morgan fingerprint density at radius 3 is 2.50 bits per heavy atom. The Morgan fingerprint density at radius 1 is 0.950 bits per heavy atom. The smallest absolute Gasteiger partial charge is 0.0838 e. The molecule has 0 radical (unpaired) electrons. The van der Waals surface area contributed by atoms with Gasteiger partial charge < -0.3 is 0 Å². The molecule has 1 aliphatic rings. The van der Waals surface area contributed by atoms with Crippen LogP contribution in [0.3, 0.4) is 0 Å². The molecule has 0 aliphatic heterocycles. The average Bonchev–Trinajstić information content (AvgIpc) is 2.48. The molecular formula is C18H18Cl2. The van der Waals surface area contributed by atoms with Crippen molar-refractivity contribution in [3.8, 4) is 0 Å². The molecule has 20 heavy (non-hydrogen) atoms. The molecule has 0 bridgehead atoms. The molecule has 1 aliphatic carbocycles. The monoisotopic (exact) mass is 304 g/mol. The van der Waals surface area contributed by atoms with Crippen molar-refractivity contribution in [2.24, 2.45) is 0 Å². The zero-order valence-corrected chi connectivity index (χ0v) is 13.1. The third-order valence-electron chi connectivity index (χ3n) is 4.18. The van der Waals surface area contributed by atoms with Crippen molar-refractivity contribution in [2.75, 3.05) is 0 Å². The van der Waals surface area contributed by atoms with Crippen LogP contribution < -0.4 is 0 Å². The minimum Gasteiger partial charge on any atom is -0.113 e. The van der Waals surface area contributed by atoms with E-state index in [-0.39, 0.29) is 5.38 Å². The van der Waals surface area contributed by atoms with Crippen molar-refractivity contribution < 1.29 is 0 Å². The summed E-state index contributed by atoms with van der Waals surface area (Å²) in [7, 11) is 0. The van der Waals surface area contributed by atoms with Gasteiger partial charge in [0, 0.05) is 5.02 Å².